The molecule has 6 nitrogen and oxygen atoms in total. The Morgan fingerprint density at radius 2 is 0.965 bits per heavy atom. The maximum Gasteiger partial charge on any atom is 0.167 e. The topological polar surface area (TPSA) is 61.7 Å². The number of rotatable bonds is 5. The minimum atomic E-state index is 0.557. The molecule has 0 aliphatic carbocycles. The monoisotopic (exact) mass is 729 g/mol. The summed E-state index contributed by atoms with van der Waals surface area (Å²) in [4.78, 5) is 15.4. The third kappa shape index (κ3) is 4.81. The Balaban J connectivity index is 1.12. The number of para-hydroxylation sites is 5. The van der Waals surface area contributed by atoms with Crippen molar-refractivity contribution >= 4 is 65.6 Å². The first-order valence-electron chi connectivity index (χ1n) is 19.1. The fourth-order valence-electron chi connectivity index (χ4n) is 8.68. The van der Waals surface area contributed by atoms with Crippen LogP contribution in [0.5, 0.6) is 0 Å². The lowest BCUT2D eigenvalue weighted by molar-refractivity contribution is 0.669. The maximum atomic E-state index is 6.47. The van der Waals surface area contributed by atoms with Gasteiger partial charge in [-0.1, -0.05) is 133 Å². The van der Waals surface area contributed by atoms with E-state index >= 15 is 0 Å². The zero-order valence-electron chi connectivity index (χ0n) is 30.5. The summed E-state index contributed by atoms with van der Waals surface area (Å²) >= 11 is 0. The second kappa shape index (κ2) is 12.3. The highest BCUT2D eigenvalue weighted by molar-refractivity contribution is 6.26. The Kier molecular flexibility index (Phi) is 6.83. The Labute approximate surface area is 326 Å². The molecule has 4 aromatic heterocycles. The van der Waals surface area contributed by atoms with E-state index in [1.54, 1.807) is 0 Å². The molecule has 6 heteroatoms. The van der Waals surface area contributed by atoms with E-state index in [-0.39, 0.29) is 0 Å². The van der Waals surface area contributed by atoms with Crippen LogP contribution in [-0.4, -0.2) is 24.1 Å². The van der Waals surface area contributed by atoms with Gasteiger partial charge in [-0.15, -0.1) is 0 Å². The molecule has 0 atom stereocenters. The molecule has 12 aromatic rings. The van der Waals surface area contributed by atoms with Crippen LogP contribution in [0.25, 0.3) is 111 Å². The van der Waals surface area contributed by atoms with Crippen LogP contribution in [0, 0.1) is 0 Å². The maximum absolute atomic E-state index is 6.47. The highest BCUT2D eigenvalue weighted by Gasteiger charge is 2.22. The minimum Gasteiger partial charge on any atom is -0.455 e. The molecule has 0 amide bonds. The molecule has 0 N–H and O–H groups in total. The van der Waals surface area contributed by atoms with Gasteiger partial charge in [-0.05, 0) is 54.6 Å². The molecule has 0 spiro atoms. The SMILES string of the molecule is c1ccc(-c2nc(-c3cccc(-n4c5ccccc5c5ccc6c(c7ccccc7n6-c6ccccc6)c54)c3)nc(-c3cccc4c3oc3ccccc34)n2)cc1. The summed E-state index contributed by atoms with van der Waals surface area (Å²) in [6.07, 6.45) is 0. The summed E-state index contributed by atoms with van der Waals surface area (Å²) in [6.45, 7) is 0. The number of benzene rings is 8. The standard InChI is InChI=1S/C51H31N5O/c1-3-15-32(16-4-1)49-52-50(54-51(53-49)41-25-14-24-39-37-22-9-12-28-45(37)57-48(39)41)33-17-13-20-35(31-33)56-42-26-10-7-21-36(42)38-29-30-44-46(47(38)56)40-23-8-11-27-43(40)55(44)34-18-5-2-6-19-34/h1-31H. The lowest BCUT2D eigenvalue weighted by atomic mass is 10.1. The van der Waals surface area contributed by atoms with Gasteiger partial charge in [-0.2, -0.15) is 0 Å². The number of aromatic nitrogens is 5. The average molecular weight is 730 g/mol. The lowest BCUT2D eigenvalue weighted by Crippen LogP contribution is -2.01. The third-order valence-corrected chi connectivity index (χ3v) is 11.2. The molecule has 0 saturated heterocycles. The Bertz CT molecular complexity index is 3520. The molecule has 4 heterocycles. The molecule has 8 aromatic carbocycles. The highest BCUT2D eigenvalue weighted by Crippen LogP contribution is 2.42. The van der Waals surface area contributed by atoms with E-state index in [9.17, 15) is 0 Å². The second-order valence-corrected chi connectivity index (χ2v) is 14.4. The van der Waals surface area contributed by atoms with Gasteiger partial charge in [-0.25, -0.2) is 15.0 Å². The van der Waals surface area contributed by atoms with Gasteiger partial charge in [0.2, 0.25) is 0 Å². The molecule has 266 valence electrons. The molecule has 0 aliphatic rings. The van der Waals surface area contributed by atoms with Gasteiger partial charge in [0.1, 0.15) is 11.2 Å². The van der Waals surface area contributed by atoms with E-state index in [0.29, 0.717) is 17.5 Å². The van der Waals surface area contributed by atoms with Gasteiger partial charge in [0.25, 0.3) is 0 Å². The van der Waals surface area contributed by atoms with Crippen LogP contribution in [0.3, 0.4) is 0 Å². The summed E-state index contributed by atoms with van der Waals surface area (Å²) < 4.78 is 11.3. The molecule has 57 heavy (non-hydrogen) atoms. The van der Waals surface area contributed by atoms with Crippen LogP contribution in [0.4, 0.5) is 0 Å². The summed E-state index contributed by atoms with van der Waals surface area (Å²) in [7, 11) is 0. The number of nitrogens with zero attached hydrogens (tertiary/aromatic N) is 5. The van der Waals surface area contributed by atoms with E-state index in [2.05, 4.69) is 137 Å². The number of hydrogen-bond donors (Lipinski definition) is 0. The van der Waals surface area contributed by atoms with Crippen molar-refractivity contribution in [3.63, 3.8) is 0 Å². The highest BCUT2D eigenvalue weighted by atomic mass is 16.3. The number of furan rings is 1. The summed E-state index contributed by atoms with van der Waals surface area (Å²) in [5, 5.41) is 6.90. The van der Waals surface area contributed by atoms with Gasteiger partial charge in [0.05, 0.1) is 27.6 Å². The van der Waals surface area contributed by atoms with Crippen LogP contribution in [-0.2, 0) is 0 Å². The quantitative estimate of drug-likeness (QED) is 0.177. The van der Waals surface area contributed by atoms with Crippen molar-refractivity contribution in [3.05, 3.63) is 188 Å². The molecular weight excluding hydrogens is 699 g/mol. The summed E-state index contributed by atoms with van der Waals surface area (Å²) in [5.41, 5.74) is 11.0. The van der Waals surface area contributed by atoms with E-state index in [4.69, 9.17) is 19.4 Å². The Hall–Kier alpha value is -7.83. The van der Waals surface area contributed by atoms with Gasteiger partial charge in [-0.3, -0.25) is 0 Å². The molecule has 12 rings (SSSR count). The third-order valence-electron chi connectivity index (χ3n) is 11.2. The van der Waals surface area contributed by atoms with Crippen LogP contribution in [0.2, 0.25) is 0 Å². The first kappa shape index (κ1) is 31.5. The molecule has 0 radical (unpaired) electrons. The van der Waals surface area contributed by atoms with Crippen molar-refractivity contribution in [2.75, 3.05) is 0 Å². The summed E-state index contributed by atoms with van der Waals surface area (Å²) in [6, 6.07) is 65.6. The van der Waals surface area contributed by atoms with E-state index < -0.39 is 0 Å². The first-order valence-corrected chi connectivity index (χ1v) is 19.1. The molecule has 0 unspecified atom stereocenters. The molecule has 0 bridgehead atoms. The predicted octanol–water partition coefficient (Wildman–Crippen LogP) is 13.0. The molecule has 0 aliphatic heterocycles. The molecule has 0 fully saturated rings. The van der Waals surface area contributed by atoms with E-state index in [1.165, 1.54) is 27.1 Å². The second-order valence-electron chi connectivity index (χ2n) is 14.4. The average Bonchev–Trinajstić information content (AvgIpc) is 3.95. The molecular formula is C51H31N5O. The van der Waals surface area contributed by atoms with Gasteiger partial charge in [0, 0.05) is 54.8 Å². The van der Waals surface area contributed by atoms with Gasteiger partial charge >= 0.3 is 0 Å². The Morgan fingerprint density at radius 1 is 0.368 bits per heavy atom. The largest absolute Gasteiger partial charge is 0.455 e. The van der Waals surface area contributed by atoms with Crippen molar-refractivity contribution in [3.8, 4) is 45.5 Å². The zero-order valence-corrected chi connectivity index (χ0v) is 30.5. The van der Waals surface area contributed by atoms with Crippen LogP contribution >= 0.6 is 0 Å². The number of hydrogen-bond acceptors (Lipinski definition) is 4. The van der Waals surface area contributed by atoms with Gasteiger partial charge in [0.15, 0.2) is 17.5 Å². The van der Waals surface area contributed by atoms with Crippen LogP contribution < -0.4 is 0 Å². The number of fused-ring (bicyclic) bond motifs is 10. The van der Waals surface area contributed by atoms with Gasteiger partial charge < -0.3 is 13.6 Å². The fourth-order valence-corrected chi connectivity index (χ4v) is 8.68. The minimum absolute atomic E-state index is 0.557. The smallest absolute Gasteiger partial charge is 0.167 e. The van der Waals surface area contributed by atoms with Crippen molar-refractivity contribution in [2.24, 2.45) is 0 Å². The van der Waals surface area contributed by atoms with E-state index in [1.807, 2.05) is 60.7 Å². The fraction of sp³-hybridized carbons (Fsp3) is 0. The van der Waals surface area contributed by atoms with Crippen molar-refractivity contribution in [1.82, 2.24) is 24.1 Å². The van der Waals surface area contributed by atoms with Crippen LogP contribution in [0.1, 0.15) is 0 Å². The zero-order chi connectivity index (χ0) is 37.5. The van der Waals surface area contributed by atoms with Crippen molar-refractivity contribution in [1.29, 1.82) is 0 Å². The molecule has 0 saturated carbocycles. The summed E-state index contributed by atoms with van der Waals surface area (Å²) in [5.74, 6) is 1.74. The van der Waals surface area contributed by atoms with Crippen LogP contribution in [0.15, 0.2) is 192 Å². The first-order chi connectivity index (χ1) is 28.3. The normalized spacial score (nSPS) is 11.9. The van der Waals surface area contributed by atoms with E-state index in [0.717, 1.165) is 66.6 Å². The Morgan fingerprint density at radius 3 is 1.79 bits per heavy atom. The van der Waals surface area contributed by atoms with Crippen molar-refractivity contribution in [2.45, 2.75) is 0 Å². The predicted molar refractivity (Wildman–Crippen MR) is 232 cm³/mol. The van der Waals surface area contributed by atoms with Crippen molar-refractivity contribution < 1.29 is 4.42 Å². The lowest BCUT2D eigenvalue weighted by Gasteiger charge is -2.12.